The number of anilines is 2. The minimum absolute atomic E-state index is 0.293. The first-order chi connectivity index (χ1) is 8.33. The highest BCUT2D eigenvalue weighted by Crippen LogP contribution is 2.32. The lowest BCUT2D eigenvalue weighted by Crippen LogP contribution is -2.00. The van der Waals surface area contributed by atoms with Crippen molar-refractivity contribution in [2.45, 2.75) is 6.54 Å². The molecule has 6 heteroatoms. The number of ether oxygens (including phenoxy) is 2. The van der Waals surface area contributed by atoms with E-state index in [9.17, 15) is 0 Å². The van der Waals surface area contributed by atoms with Crippen molar-refractivity contribution in [2.75, 3.05) is 17.8 Å². The summed E-state index contributed by atoms with van der Waals surface area (Å²) >= 11 is 0. The first kappa shape index (κ1) is 9.83. The van der Waals surface area contributed by atoms with Gasteiger partial charge < -0.3 is 20.5 Å². The number of aromatic amines is 1. The summed E-state index contributed by atoms with van der Waals surface area (Å²) in [6, 6.07) is 5.83. The maximum absolute atomic E-state index is 5.67. The van der Waals surface area contributed by atoms with Crippen molar-refractivity contribution in [1.29, 1.82) is 0 Å². The molecule has 0 spiro atoms. The Labute approximate surface area is 97.7 Å². The second-order valence-corrected chi connectivity index (χ2v) is 3.74. The van der Waals surface area contributed by atoms with Crippen LogP contribution in [0, 0.1) is 0 Å². The van der Waals surface area contributed by atoms with Crippen molar-refractivity contribution >= 4 is 11.5 Å². The molecule has 3 rings (SSSR count). The summed E-state index contributed by atoms with van der Waals surface area (Å²) in [5.41, 5.74) is 7.56. The van der Waals surface area contributed by atoms with E-state index in [0.717, 1.165) is 22.7 Å². The number of hydrogen-bond donors (Lipinski definition) is 3. The number of benzene rings is 1. The van der Waals surface area contributed by atoms with Crippen molar-refractivity contribution in [3.63, 3.8) is 0 Å². The maximum Gasteiger partial charge on any atom is 0.231 e. The minimum Gasteiger partial charge on any atom is -0.454 e. The largest absolute Gasteiger partial charge is 0.454 e. The molecule has 4 N–H and O–H groups in total. The zero-order valence-electron chi connectivity index (χ0n) is 9.06. The lowest BCUT2D eigenvalue weighted by atomic mass is 10.2. The molecule has 88 valence electrons. The van der Waals surface area contributed by atoms with Gasteiger partial charge in [0.25, 0.3) is 0 Å². The predicted octanol–water partition coefficient (Wildman–Crippen LogP) is 1.33. The van der Waals surface area contributed by atoms with Gasteiger partial charge in [0.05, 0.1) is 11.9 Å². The van der Waals surface area contributed by atoms with Crippen molar-refractivity contribution in [1.82, 2.24) is 10.2 Å². The Hall–Kier alpha value is -2.37. The molecule has 0 saturated carbocycles. The molecule has 6 nitrogen and oxygen atoms in total. The highest BCUT2D eigenvalue weighted by atomic mass is 16.7. The van der Waals surface area contributed by atoms with Crippen LogP contribution < -0.4 is 20.5 Å². The van der Waals surface area contributed by atoms with Crippen LogP contribution in [0.3, 0.4) is 0 Å². The van der Waals surface area contributed by atoms with Crippen molar-refractivity contribution in [3.05, 3.63) is 30.0 Å². The maximum atomic E-state index is 5.67. The van der Waals surface area contributed by atoms with E-state index < -0.39 is 0 Å². The van der Waals surface area contributed by atoms with E-state index in [1.54, 1.807) is 6.20 Å². The van der Waals surface area contributed by atoms with Crippen LogP contribution in [0.1, 0.15) is 5.56 Å². The number of nitrogens with two attached hydrogens (primary N) is 1. The van der Waals surface area contributed by atoms with E-state index in [2.05, 4.69) is 15.5 Å². The number of H-pyrrole nitrogens is 1. The van der Waals surface area contributed by atoms with Gasteiger partial charge in [-0.1, -0.05) is 6.07 Å². The molecule has 0 bridgehead atoms. The molecular weight excluding hydrogens is 220 g/mol. The molecule has 17 heavy (non-hydrogen) atoms. The van der Waals surface area contributed by atoms with Gasteiger partial charge in [0.1, 0.15) is 5.82 Å². The van der Waals surface area contributed by atoms with Gasteiger partial charge in [0.15, 0.2) is 11.5 Å². The van der Waals surface area contributed by atoms with E-state index in [4.69, 9.17) is 15.2 Å². The summed E-state index contributed by atoms with van der Waals surface area (Å²) in [6.45, 7) is 0.946. The quantitative estimate of drug-likeness (QED) is 0.743. The summed E-state index contributed by atoms with van der Waals surface area (Å²) in [4.78, 5) is 0. The van der Waals surface area contributed by atoms with Crippen LogP contribution in [0.25, 0.3) is 0 Å². The van der Waals surface area contributed by atoms with Crippen LogP contribution in [0.5, 0.6) is 11.5 Å². The molecular formula is C11H12N4O2. The molecule has 2 aromatic rings. The number of aromatic nitrogens is 2. The molecule has 0 amide bonds. The Morgan fingerprint density at radius 1 is 1.35 bits per heavy atom. The summed E-state index contributed by atoms with van der Waals surface area (Å²) < 4.78 is 10.6. The zero-order chi connectivity index (χ0) is 11.7. The van der Waals surface area contributed by atoms with Gasteiger partial charge in [0.2, 0.25) is 6.79 Å². The summed E-state index contributed by atoms with van der Waals surface area (Å²) in [7, 11) is 0. The summed E-state index contributed by atoms with van der Waals surface area (Å²) in [6.07, 6.45) is 1.66. The first-order valence-corrected chi connectivity index (χ1v) is 5.24. The average Bonchev–Trinajstić information content (AvgIpc) is 2.94. The van der Waals surface area contributed by atoms with Gasteiger partial charge in [-0.2, -0.15) is 5.10 Å². The number of rotatable bonds is 3. The van der Waals surface area contributed by atoms with Crippen LogP contribution in [-0.4, -0.2) is 17.0 Å². The average molecular weight is 232 g/mol. The van der Waals surface area contributed by atoms with E-state index in [1.165, 1.54) is 0 Å². The van der Waals surface area contributed by atoms with E-state index in [0.29, 0.717) is 19.2 Å². The molecule has 1 aliphatic rings. The Kier molecular flexibility index (Phi) is 2.25. The lowest BCUT2D eigenvalue weighted by molar-refractivity contribution is 0.174. The van der Waals surface area contributed by atoms with Crippen LogP contribution in [0.2, 0.25) is 0 Å². The van der Waals surface area contributed by atoms with Crippen LogP contribution in [-0.2, 0) is 6.54 Å². The molecule has 0 fully saturated rings. The Morgan fingerprint density at radius 3 is 3.06 bits per heavy atom. The molecule has 1 aromatic carbocycles. The minimum atomic E-state index is 0.293. The molecule has 0 saturated heterocycles. The number of nitrogens with zero attached hydrogens (tertiary/aromatic N) is 1. The topological polar surface area (TPSA) is 85.2 Å². The molecule has 2 heterocycles. The van der Waals surface area contributed by atoms with Crippen molar-refractivity contribution in [2.24, 2.45) is 0 Å². The fourth-order valence-electron chi connectivity index (χ4n) is 1.69. The smallest absolute Gasteiger partial charge is 0.231 e. The van der Waals surface area contributed by atoms with E-state index in [1.807, 2.05) is 18.2 Å². The van der Waals surface area contributed by atoms with Gasteiger partial charge in [-0.3, -0.25) is 5.10 Å². The zero-order valence-corrected chi connectivity index (χ0v) is 9.06. The third-order valence-electron chi connectivity index (χ3n) is 2.59. The molecule has 1 aliphatic heterocycles. The standard InChI is InChI=1S/C11H12N4O2/c12-11-8(5-14-15-11)13-4-7-1-2-9-10(3-7)17-6-16-9/h1-3,5,13H,4,6H2,(H3,12,14,15). The van der Waals surface area contributed by atoms with Crippen molar-refractivity contribution in [3.8, 4) is 11.5 Å². The highest BCUT2D eigenvalue weighted by Gasteiger charge is 2.13. The number of nitrogen functional groups attached to an aromatic ring is 1. The van der Waals surface area contributed by atoms with Crippen LogP contribution >= 0.6 is 0 Å². The van der Waals surface area contributed by atoms with E-state index in [-0.39, 0.29) is 0 Å². The Morgan fingerprint density at radius 2 is 2.24 bits per heavy atom. The van der Waals surface area contributed by atoms with Gasteiger partial charge >= 0.3 is 0 Å². The fourth-order valence-corrected chi connectivity index (χ4v) is 1.69. The Bertz CT molecular complexity index is 538. The second-order valence-electron chi connectivity index (χ2n) is 3.74. The lowest BCUT2D eigenvalue weighted by Gasteiger charge is -2.05. The van der Waals surface area contributed by atoms with Gasteiger partial charge in [-0.05, 0) is 17.7 Å². The predicted molar refractivity (Wildman–Crippen MR) is 62.9 cm³/mol. The molecule has 0 unspecified atom stereocenters. The monoisotopic (exact) mass is 232 g/mol. The van der Waals surface area contributed by atoms with Crippen molar-refractivity contribution < 1.29 is 9.47 Å². The number of fused-ring (bicyclic) bond motifs is 1. The number of hydrogen-bond acceptors (Lipinski definition) is 5. The van der Waals surface area contributed by atoms with Gasteiger partial charge in [0, 0.05) is 6.54 Å². The summed E-state index contributed by atoms with van der Waals surface area (Å²) in [5.74, 6) is 2.10. The molecule has 0 aliphatic carbocycles. The van der Waals surface area contributed by atoms with Crippen LogP contribution in [0.4, 0.5) is 11.5 Å². The third kappa shape index (κ3) is 1.84. The molecule has 0 radical (unpaired) electrons. The summed E-state index contributed by atoms with van der Waals surface area (Å²) in [5, 5.41) is 9.69. The highest BCUT2D eigenvalue weighted by molar-refractivity contribution is 5.60. The molecule has 0 atom stereocenters. The normalized spacial score (nSPS) is 12.7. The first-order valence-electron chi connectivity index (χ1n) is 5.24. The van der Waals surface area contributed by atoms with Gasteiger partial charge in [-0.15, -0.1) is 0 Å². The van der Waals surface area contributed by atoms with E-state index >= 15 is 0 Å². The third-order valence-corrected chi connectivity index (χ3v) is 2.59. The Balaban J connectivity index is 1.72. The fraction of sp³-hybridized carbons (Fsp3) is 0.182. The number of nitrogens with one attached hydrogen (secondary N) is 2. The van der Waals surface area contributed by atoms with Crippen LogP contribution in [0.15, 0.2) is 24.4 Å². The molecule has 1 aromatic heterocycles. The van der Waals surface area contributed by atoms with Gasteiger partial charge in [-0.25, -0.2) is 0 Å². The second kappa shape index (κ2) is 3.89. The SMILES string of the molecule is Nc1[nH]ncc1NCc1ccc2c(c1)OCO2.